The van der Waals surface area contributed by atoms with Gasteiger partial charge in [0.15, 0.2) is 0 Å². The third-order valence-corrected chi connectivity index (χ3v) is 8.01. The molecular formula is C21H38O2. The number of esters is 1. The Kier molecular flexibility index (Phi) is 5.24. The quantitative estimate of drug-likeness (QED) is 0.610. The van der Waals surface area contributed by atoms with E-state index in [1.807, 2.05) is 0 Å². The average molecular weight is 323 g/mol. The molecule has 2 fully saturated rings. The third-order valence-electron chi connectivity index (χ3n) is 8.01. The van der Waals surface area contributed by atoms with Gasteiger partial charge in [0.2, 0.25) is 0 Å². The molecule has 2 aliphatic carbocycles. The molecule has 2 heteroatoms. The molecule has 6 unspecified atom stereocenters. The Morgan fingerprint density at radius 3 is 1.87 bits per heavy atom. The lowest BCUT2D eigenvalue weighted by Gasteiger charge is -2.47. The molecule has 0 aromatic heterocycles. The van der Waals surface area contributed by atoms with Crippen molar-refractivity contribution >= 4 is 5.97 Å². The standard InChI is InChI=1S/C21H38O2/c1-13-15(3)20(5,6)11-9-17(13)19(22)23-18-10-12-21(7,8)16(4)14(18)2/h13-18H,9-12H2,1-8H3. The lowest BCUT2D eigenvalue weighted by molar-refractivity contribution is -0.168. The molecule has 23 heavy (non-hydrogen) atoms. The first kappa shape index (κ1) is 18.8. The first-order chi connectivity index (χ1) is 10.5. The van der Waals surface area contributed by atoms with Crippen LogP contribution in [0, 0.1) is 40.4 Å². The summed E-state index contributed by atoms with van der Waals surface area (Å²) in [5, 5.41) is 0. The van der Waals surface area contributed by atoms with E-state index in [9.17, 15) is 4.79 Å². The molecule has 0 bridgehead atoms. The summed E-state index contributed by atoms with van der Waals surface area (Å²) >= 11 is 0. The summed E-state index contributed by atoms with van der Waals surface area (Å²) < 4.78 is 6.05. The van der Waals surface area contributed by atoms with Crippen LogP contribution in [0.2, 0.25) is 0 Å². The monoisotopic (exact) mass is 322 g/mol. The van der Waals surface area contributed by atoms with Crippen molar-refractivity contribution in [2.45, 2.75) is 87.2 Å². The Labute approximate surface area is 143 Å². The molecule has 0 aromatic carbocycles. The summed E-state index contributed by atoms with van der Waals surface area (Å²) in [6.45, 7) is 18.5. The van der Waals surface area contributed by atoms with Crippen molar-refractivity contribution in [2.24, 2.45) is 40.4 Å². The molecule has 134 valence electrons. The van der Waals surface area contributed by atoms with Crippen LogP contribution in [0.15, 0.2) is 0 Å². The van der Waals surface area contributed by atoms with Gasteiger partial charge < -0.3 is 4.74 Å². The van der Waals surface area contributed by atoms with Crippen molar-refractivity contribution in [2.75, 3.05) is 0 Å². The predicted molar refractivity (Wildman–Crippen MR) is 96.1 cm³/mol. The molecule has 2 aliphatic rings. The zero-order valence-electron chi connectivity index (χ0n) is 16.6. The number of ether oxygens (including phenoxy) is 1. The second-order valence-electron chi connectivity index (χ2n) is 9.93. The maximum atomic E-state index is 12.8. The summed E-state index contributed by atoms with van der Waals surface area (Å²) in [7, 11) is 0. The lowest BCUT2D eigenvalue weighted by Crippen LogP contribution is -2.45. The summed E-state index contributed by atoms with van der Waals surface area (Å²) in [4.78, 5) is 12.8. The Bertz CT molecular complexity index is 437. The molecule has 0 aliphatic heterocycles. The van der Waals surface area contributed by atoms with E-state index in [2.05, 4.69) is 55.4 Å². The molecule has 0 N–H and O–H groups in total. The van der Waals surface area contributed by atoms with E-state index >= 15 is 0 Å². The Hall–Kier alpha value is -0.530. The Balaban J connectivity index is 2.00. The molecule has 0 saturated heterocycles. The Morgan fingerprint density at radius 1 is 0.826 bits per heavy atom. The van der Waals surface area contributed by atoms with Crippen molar-refractivity contribution in [1.29, 1.82) is 0 Å². The summed E-state index contributed by atoms with van der Waals surface area (Å²) in [6.07, 6.45) is 4.40. The van der Waals surface area contributed by atoms with E-state index in [-0.39, 0.29) is 18.0 Å². The van der Waals surface area contributed by atoms with E-state index in [1.54, 1.807) is 0 Å². The third kappa shape index (κ3) is 3.61. The fourth-order valence-electron chi connectivity index (χ4n) is 4.85. The van der Waals surface area contributed by atoms with Crippen LogP contribution in [0.3, 0.4) is 0 Å². The van der Waals surface area contributed by atoms with Crippen LogP contribution >= 0.6 is 0 Å². The summed E-state index contributed by atoms with van der Waals surface area (Å²) in [6, 6.07) is 0. The zero-order chi connectivity index (χ0) is 17.6. The number of hydrogen-bond acceptors (Lipinski definition) is 2. The van der Waals surface area contributed by atoms with Gasteiger partial charge in [-0.1, -0.05) is 55.4 Å². The van der Waals surface area contributed by atoms with Gasteiger partial charge in [0.1, 0.15) is 6.10 Å². The second-order valence-corrected chi connectivity index (χ2v) is 9.93. The van der Waals surface area contributed by atoms with E-state index in [0.29, 0.717) is 34.5 Å². The van der Waals surface area contributed by atoms with Crippen LogP contribution in [0.5, 0.6) is 0 Å². The highest BCUT2D eigenvalue weighted by Gasteiger charge is 2.45. The fourth-order valence-corrected chi connectivity index (χ4v) is 4.85. The van der Waals surface area contributed by atoms with Gasteiger partial charge >= 0.3 is 5.97 Å². The van der Waals surface area contributed by atoms with Crippen LogP contribution in [0.4, 0.5) is 0 Å². The van der Waals surface area contributed by atoms with Crippen molar-refractivity contribution in [3.63, 3.8) is 0 Å². The average Bonchev–Trinajstić information content (AvgIpc) is 2.46. The highest BCUT2D eigenvalue weighted by Crippen LogP contribution is 2.48. The first-order valence-electron chi connectivity index (χ1n) is 9.68. The summed E-state index contributed by atoms with van der Waals surface area (Å²) in [5.41, 5.74) is 0.700. The smallest absolute Gasteiger partial charge is 0.309 e. The highest BCUT2D eigenvalue weighted by molar-refractivity contribution is 5.73. The fraction of sp³-hybridized carbons (Fsp3) is 0.952. The highest BCUT2D eigenvalue weighted by atomic mass is 16.5. The molecule has 0 amide bonds. The van der Waals surface area contributed by atoms with E-state index < -0.39 is 0 Å². The van der Waals surface area contributed by atoms with Crippen LogP contribution < -0.4 is 0 Å². The lowest BCUT2D eigenvalue weighted by atomic mass is 9.61. The number of carbonyl (C=O) groups excluding carboxylic acids is 1. The molecule has 2 rings (SSSR count). The van der Waals surface area contributed by atoms with Crippen molar-refractivity contribution in [3.05, 3.63) is 0 Å². The predicted octanol–water partition coefficient (Wildman–Crippen LogP) is 5.70. The Morgan fingerprint density at radius 2 is 1.30 bits per heavy atom. The van der Waals surface area contributed by atoms with E-state index in [4.69, 9.17) is 4.74 Å². The van der Waals surface area contributed by atoms with Crippen LogP contribution in [0.1, 0.15) is 81.1 Å². The van der Waals surface area contributed by atoms with Crippen molar-refractivity contribution in [1.82, 2.24) is 0 Å². The van der Waals surface area contributed by atoms with Gasteiger partial charge in [-0.3, -0.25) is 4.79 Å². The molecule has 2 saturated carbocycles. The normalized spacial score (nSPS) is 43.0. The summed E-state index contributed by atoms with van der Waals surface area (Å²) in [5.74, 6) is 2.19. The molecular weight excluding hydrogens is 284 g/mol. The number of hydrogen-bond donors (Lipinski definition) is 0. The minimum Gasteiger partial charge on any atom is -0.462 e. The van der Waals surface area contributed by atoms with Crippen molar-refractivity contribution < 1.29 is 9.53 Å². The SMILES string of the molecule is CC1C(OC(=O)C2CCC(C)(C)C(C)C2C)CCC(C)(C)C1C. The van der Waals surface area contributed by atoms with Crippen LogP contribution in [0.25, 0.3) is 0 Å². The second kappa shape index (κ2) is 6.41. The van der Waals surface area contributed by atoms with Crippen LogP contribution in [-0.2, 0) is 9.53 Å². The minimum absolute atomic E-state index is 0.0728. The van der Waals surface area contributed by atoms with Gasteiger partial charge in [-0.25, -0.2) is 0 Å². The number of rotatable bonds is 2. The molecule has 0 heterocycles. The first-order valence-corrected chi connectivity index (χ1v) is 9.68. The molecule has 2 nitrogen and oxygen atoms in total. The van der Waals surface area contributed by atoms with Gasteiger partial charge in [-0.2, -0.15) is 0 Å². The maximum absolute atomic E-state index is 12.8. The maximum Gasteiger partial charge on any atom is 0.309 e. The van der Waals surface area contributed by atoms with Gasteiger partial charge in [-0.05, 0) is 60.2 Å². The van der Waals surface area contributed by atoms with Gasteiger partial charge in [-0.15, -0.1) is 0 Å². The molecule has 0 aromatic rings. The minimum atomic E-state index is 0.0728. The topological polar surface area (TPSA) is 26.3 Å². The van der Waals surface area contributed by atoms with Gasteiger partial charge in [0.05, 0.1) is 5.92 Å². The molecule has 6 atom stereocenters. The number of carbonyl (C=O) groups is 1. The van der Waals surface area contributed by atoms with Gasteiger partial charge in [0.25, 0.3) is 0 Å². The van der Waals surface area contributed by atoms with Gasteiger partial charge in [0, 0.05) is 0 Å². The van der Waals surface area contributed by atoms with E-state index in [0.717, 1.165) is 25.7 Å². The van der Waals surface area contributed by atoms with E-state index in [1.165, 1.54) is 0 Å². The molecule has 0 radical (unpaired) electrons. The molecule has 0 spiro atoms. The van der Waals surface area contributed by atoms with Crippen molar-refractivity contribution in [3.8, 4) is 0 Å². The zero-order valence-corrected chi connectivity index (χ0v) is 16.6. The largest absolute Gasteiger partial charge is 0.462 e. The van der Waals surface area contributed by atoms with Crippen LogP contribution in [-0.4, -0.2) is 12.1 Å².